The van der Waals surface area contributed by atoms with Crippen molar-refractivity contribution >= 4 is 46.6 Å². The third-order valence-electron chi connectivity index (χ3n) is 3.44. The van der Waals surface area contributed by atoms with E-state index in [-0.39, 0.29) is 5.11 Å². The van der Waals surface area contributed by atoms with Crippen LogP contribution in [-0.4, -0.2) is 23.6 Å². The second-order valence-corrected chi connectivity index (χ2v) is 7.03. The molecule has 0 aliphatic heterocycles. The first-order chi connectivity index (χ1) is 12.0. The predicted octanol–water partition coefficient (Wildman–Crippen LogP) is 4.03. The van der Waals surface area contributed by atoms with E-state index in [4.69, 9.17) is 22.4 Å². The second kappa shape index (κ2) is 9.33. The van der Waals surface area contributed by atoms with Crippen molar-refractivity contribution < 1.29 is 13.9 Å². The van der Waals surface area contributed by atoms with Crippen LogP contribution in [0.2, 0.25) is 0 Å². The lowest BCUT2D eigenvalue weighted by Gasteiger charge is -2.16. The Hall–Kier alpha value is -2.19. The molecule has 0 spiro atoms. The summed E-state index contributed by atoms with van der Waals surface area (Å²) in [6.45, 7) is 2.15. The first kappa shape index (κ1) is 19.1. The number of amides is 1. The van der Waals surface area contributed by atoms with Gasteiger partial charge >= 0.3 is 6.09 Å². The molecule has 0 saturated carbocycles. The van der Waals surface area contributed by atoms with Crippen LogP contribution in [0.5, 0.6) is 0 Å². The Morgan fingerprint density at radius 2 is 2.24 bits per heavy atom. The van der Waals surface area contributed by atoms with Gasteiger partial charge < -0.3 is 20.2 Å². The average Bonchev–Trinajstić information content (AvgIpc) is 3.10. The molecule has 0 aliphatic carbocycles. The van der Waals surface area contributed by atoms with Crippen molar-refractivity contribution in [3.05, 3.63) is 42.4 Å². The summed E-state index contributed by atoms with van der Waals surface area (Å²) in [5.41, 5.74) is 7.16. The summed E-state index contributed by atoms with van der Waals surface area (Å²) in [6, 6.07) is 9.57. The lowest BCUT2D eigenvalue weighted by atomic mass is 10.2. The van der Waals surface area contributed by atoms with E-state index in [1.54, 1.807) is 18.0 Å². The monoisotopic (exact) mass is 379 g/mol. The van der Waals surface area contributed by atoms with Gasteiger partial charge in [-0.1, -0.05) is 6.92 Å². The Labute approximate surface area is 156 Å². The Balaban J connectivity index is 2.04. The fourth-order valence-electron chi connectivity index (χ4n) is 2.13. The maximum atomic E-state index is 11.2. The van der Waals surface area contributed by atoms with E-state index >= 15 is 0 Å². The normalized spacial score (nSPS) is 11.6. The topological polar surface area (TPSA) is 89.5 Å². The SMILES string of the molecule is CCC(Cc1ccco1)Sc1ccc(N)c(NC(=S)NC(=O)OC)c1. The van der Waals surface area contributed by atoms with Crippen molar-refractivity contribution in [3.63, 3.8) is 0 Å². The number of alkyl carbamates (subject to hydrolysis) is 1. The van der Waals surface area contributed by atoms with Gasteiger partial charge in [-0.25, -0.2) is 4.79 Å². The summed E-state index contributed by atoms with van der Waals surface area (Å²) >= 11 is 6.82. The van der Waals surface area contributed by atoms with Crippen molar-refractivity contribution in [1.29, 1.82) is 0 Å². The number of hydrogen-bond acceptors (Lipinski definition) is 6. The Kier molecular flexibility index (Phi) is 7.15. The molecule has 1 aromatic heterocycles. The van der Waals surface area contributed by atoms with E-state index in [9.17, 15) is 4.79 Å². The van der Waals surface area contributed by atoms with Crippen LogP contribution >= 0.6 is 24.0 Å². The number of benzene rings is 1. The fraction of sp³-hybridized carbons (Fsp3) is 0.294. The number of carbonyl (C=O) groups is 1. The van der Waals surface area contributed by atoms with E-state index in [2.05, 4.69) is 22.3 Å². The lowest BCUT2D eigenvalue weighted by Crippen LogP contribution is -2.34. The Bertz CT molecular complexity index is 720. The molecular formula is C17H21N3O3S2. The summed E-state index contributed by atoms with van der Waals surface area (Å²) in [5.74, 6) is 0.969. The van der Waals surface area contributed by atoms with Crippen molar-refractivity contribution in [2.75, 3.05) is 18.2 Å². The van der Waals surface area contributed by atoms with E-state index < -0.39 is 6.09 Å². The zero-order valence-electron chi connectivity index (χ0n) is 14.1. The van der Waals surface area contributed by atoms with Crippen LogP contribution < -0.4 is 16.4 Å². The van der Waals surface area contributed by atoms with Gasteiger partial charge in [-0.2, -0.15) is 0 Å². The van der Waals surface area contributed by atoms with Gasteiger partial charge in [0.25, 0.3) is 0 Å². The first-order valence-electron chi connectivity index (χ1n) is 7.76. The molecule has 6 nitrogen and oxygen atoms in total. The van der Waals surface area contributed by atoms with Crippen molar-refractivity contribution in [3.8, 4) is 0 Å². The van der Waals surface area contributed by atoms with Crippen molar-refractivity contribution in [2.45, 2.75) is 29.9 Å². The molecule has 0 fully saturated rings. The molecule has 0 bridgehead atoms. The lowest BCUT2D eigenvalue weighted by molar-refractivity contribution is 0.177. The van der Waals surface area contributed by atoms with E-state index in [1.807, 2.05) is 30.3 Å². The molecule has 1 amide bonds. The van der Waals surface area contributed by atoms with Crippen LogP contribution in [0, 0.1) is 0 Å². The number of nitrogens with two attached hydrogens (primary N) is 1. The molecule has 1 atom stereocenters. The summed E-state index contributed by atoms with van der Waals surface area (Å²) in [4.78, 5) is 12.2. The minimum absolute atomic E-state index is 0.128. The van der Waals surface area contributed by atoms with Crippen LogP contribution in [0.1, 0.15) is 19.1 Å². The molecule has 2 rings (SSSR count). The average molecular weight is 380 g/mol. The number of methoxy groups -OCH3 is 1. The quantitative estimate of drug-likeness (QED) is 0.397. The minimum atomic E-state index is -0.633. The van der Waals surface area contributed by atoms with Crippen LogP contribution in [0.4, 0.5) is 16.2 Å². The molecular weight excluding hydrogens is 358 g/mol. The van der Waals surface area contributed by atoms with Crippen molar-refractivity contribution in [1.82, 2.24) is 5.32 Å². The first-order valence-corrected chi connectivity index (χ1v) is 9.05. The van der Waals surface area contributed by atoms with Crippen LogP contribution in [-0.2, 0) is 11.2 Å². The molecule has 0 aliphatic rings. The summed E-state index contributed by atoms with van der Waals surface area (Å²) < 4.78 is 9.94. The minimum Gasteiger partial charge on any atom is -0.469 e. The largest absolute Gasteiger partial charge is 0.469 e. The smallest absolute Gasteiger partial charge is 0.413 e. The second-order valence-electron chi connectivity index (χ2n) is 5.25. The third kappa shape index (κ3) is 5.99. The number of hydrogen-bond donors (Lipinski definition) is 3. The number of nitrogens with one attached hydrogen (secondary N) is 2. The highest BCUT2D eigenvalue weighted by molar-refractivity contribution is 8.00. The maximum absolute atomic E-state index is 11.2. The Morgan fingerprint density at radius 1 is 1.44 bits per heavy atom. The molecule has 134 valence electrons. The van der Waals surface area contributed by atoms with Crippen molar-refractivity contribution in [2.24, 2.45) is 0 Å². The van der Waals surface area contributed by atoms with Crippen LogP contribution in [0.15, 0.2) is 45.9 Å². The van der Waals surface area contributed by atoms with Gasteiger partial charge in [-0.05, 0) is 49.0 Å². The number of thioether (sulfide) groups is 1. The molecule has 1 heterocycles. The number of furan rings is 1. The molecule has 8 heteroatoms. The van der Waals surface area contributed by atoms with Gasteiger partial charge in [0.2, 0.25) is 0 Å². The molecule has 2 aromatic rings. The number of rotatable bonds is 6. The highest BCUT2D eigenvalue weighted by Crippen LogP contribution is 2.32. The van der Waals surface area contributed by atoms with Gasteiger partial charge in [-0.3, -0.25) is 5.32 Å². The molecule has 1 unspecified atom stereocenters. The van der Waals surface area contributed by atoms with E-state index in [0.29, 0.717) is 16.6 Å². The Morgan fingerprint density at radius 3 is 2.88 bits per heavy atom. The molecule has 25 heavy (non-hydrogen) atoms. The summed E-state index contributed by atoms with van der Waals surface area (Å²) in [5, 5.41) is 5.81. The number of anilines is 2. The zero-order valence-corrected chi connectivity index (χ0v) is 15.7. The fourth-order valence-corrected chi connectivity index (χ4v) is 3.45. The van der Waals surface area contributed by atoms with Gasteiger partial charge in [0.15, 0.2) is 5.11 Å². The van der Waals surface area contributed by atoms with E-state index in [0.717, 1.165) is 23.5 Å². The van der Waals surface area contributed by atoms with Gasteiger partial charge in [0, 0.05) is 16.6 Å². The highest BCUT2D eigenvalue weighted by atomic mass is 32.2. The van der Waals surface area contributed by atoms with Gasteiger partial charge in [0.1, 0.15) is 5.76 Å². The van der Waals surface area contributed by atoms with E-state index in [1.165, 1.54) is 7.11 Å². The molecule has 1 aromatic carbocycles. The maximum Gasteiger partial charge on any atom is 0.413 e. The standard InChI is InChI=1S/C17H21N3O3S2/c1-3-12(9-11-5-4-8-23-11)25-13-6-7-14(18)15(10-13)19-16(24)20-17(21)22-2/h4-8,10,12H,3,9,18H2,1-2H3,(H2,19,20,21,24). The molecule has 0 saturated heterocycles. The van der Waals surface area contributed by atoms with Crippen LogP contribution in [0.25, 0.3) is 0 Å². The van der Waals surface area contributed by atoms with Gasteiger partial charge in [0.05, 0.1) is 24.7 Å². The number of thiocarbonyl (C=S) groups is 1. The van der Waals surface area contributed by atoms with Gasteiger partial charge in [-0.15, -0.1) is 11.8 Å². The molecule has 4 N–H and O–H groups in total. The zero-order chi connectivity index (χ0) is 18.2. The number of nitrogen functional groups attached to an aromatic ring is 1. The predicted molar refractivity (Wildman–Crippen MR) is 105 cm³/mol. The molecule has 0 radical (unpaired) electrons. The van der Waals surface area contributed by atoms with Crippen LogP contribution in [0.3, 0.4) is 0 Å². The number of carbonyl (C=O) groups excluding carboxylic acids is 1. The summed E-state index contributed by atoms with van der Waals surface area (Å²) in [6.07, 6.45) is 2.91. The summed E-state index contributed by atoms with van der Waals surface area (Å²) in [7, 11) is 1.27. The third-order valence-corrected chi connectivity index (χ3v) is 5.00. The number of ether oxygens (including phenoxy) is 1. The highest BCUT2D eigenvalue weighted by Gasteiger charge is 2.13.